The Balaban J connectivity index is 1.67. The van der Waals surface area contributed by atoms with Gasteiger partial charge < -0.3 is 10.0 Å². The maximum Gasteiger partial charge on any atom is 0.254 e. The first-order valence-corrected chi connectivity index (χ1v) is 8.93. The topological polar surface area (TPSA) is 53.4 Å². The van der Waals surface area contributed by atoms with Crippen LogP contribution >= 0.6 is 0 Å². The second-order valence-corrected chi connectivity index (χ2v) is 7.48. The van der Waals surface area contributed by atoms with Gasteiger partial charge in [-0.15, -0.1) is 0 Å². The quantitative estimate of drug-likeness (QED) is 0.936. The average Bonchev–Trinajstić information content (AvgIpc) is 3.35. The number of aliphatic hydroxyl groups is 1. The van der Waals surface area contributed by atoms with Gasteiger partial charge in [0.15, 0.2) is 0 Å². The molecule has 2 fully saturated rings. The molecule has 0 radical (unpaired) electrons. The van der Waals surface area contributed by atoms with Gasteiger partial charge in [-0.2, -0.15) is 0 Å². The van der Waals surface area contributed by atoms with Crippen LogP contribution in [0.4, 0.5) is 0 Å². The summed E-state index contributed by atoms with van der Waals surface area (Å²) in [7, 11) is 1.80. The summed E-state index contributed by atoms with van der Waals surface area (Å²) in [5.74, 6) is 0.487. The molecule has 2 aliphatic carbocycles. The normalized spacial score (nSPS) is 19.6. The van der Waals surface area contributed by atoms with E-state index in [1.165, 1.54) is 0 Å². The molecule has 0 atom stereocenters. The maximum atomic E-state index is 13.1. The van der Waals surface area contributed by atoms with E-state index < -0.39 is 5.60 Å². The number of carbonyl (C=O) groups is 1. The van der Waals surface area contributed by atoms with Crippen molar-refractivity contribution in [3.8, 4) is 0 Å². The number of hydrogen-bond donors (Lipinski definition) is 1. The van der Waals surface area contributed by atoms with Gasteiger partial charge in [-0.1, -0.05) is 31.0 Å². The Kier molecular flexibility index (Phi) is 3.80. The highest BCUT2D eigenvalue weighted by Gasteiger charge is 2.34. The third-order valence-electron chi connectivity index (χ3n) is 5.37. The minimum Gasteiger partial charge on any atom is -0.388 e. The highest BCUT2D eigenvalue weighted by Crippen LogP contribution is 2.40. The lowest BCUT2D eigenvalue weighted by Crippen LogP contribution is -2.42. The molecule has 1 aromatic heterocycles. The molecule has 0 saturated heterocycles. The van der Waals surface area contributed by atoms with Gasteiger partial charge in [0, 0.05) is 30.6 Å². The molecule has 4 rings (SSSR count). The minimum atomic E-state index is -0.716. The standard InChI is InChI=1S/C20H24N2O2/c1-22(13-20(24)10-4-5-11-20)19(23)16-12-18(14-8-9-14)21-17-7-3-2-6-15(16)17/h2-3,6-7,12,14,24H,4-5,8-11,13H2,1H3. The molecule has 1 N–H and O–H groups in total. The summed E-state index contributed by atoms with van der Waals surface area (Å²) < 4.78 is 0. The first-order chi connectivity index (χ1) is 11.6. The van der Waals surface area contributed by atoms with E-state index in [4.69, 9.17) is 4.98 Å². The van der Waals surface area contributed by atoms with Crippen molar-refractivity contribution in [3.05, 3.63) is 41.6 Å². The monoisotopic (exact) mass is 324 g/mol. The van der Waals surface area contributed by atoms with E-state index in [1.807, 2.05) is 30.3 Å². The van der Waals surface area contributed by atoms with Crippen LogP contribution in [0, 0.1) is 0 Å². The van der Waals surface area contributed by atoms with Crippen LogP contribution in [0.1, 0.15) is 60.5 Å². The number of pyridine rings is 1. The largest absolute Gasteiger partial charge is 0.388 e. The Morgan fingerprint density at radius 3 is 2.71 bits per heavy atom. The fraction of sp³-hybridized carbons (Fsp3) is 0.500. The molecule has 2 aliphatic rings. The Morgan fingerprint density at radius 1 is 1.29 bits per heavy atom. The molecule has 2 aromatic rings. The molecule has 1 amide bonds. The summed E-state index contributed by atoms with van der Waals surface area (Å²) in [6.07, 6.45) is 5.98. The van der Waals surface area contributed by atoms with Crippen molar-refractivity contribution in [2.24, 2.45) is 0 Å². The number of carbonyl (C=O) groups excluding carboxylic acids is 1. The Hall–Kier alpha value is -1.94. The van der Waals surface area contributed by atoms with Crippen LogP contribution in [-0.4, -0.2) is 40.1 Å². The summed E-state index contributed by atoms with van der Waals surface area (Å²) in [4.78, 5) is 19.5. The van der Waals surface area contributed by atoms with E-state index in [2.05, 4.69) is 0 Å². The van der Waals surface area contributed by atoms with Crippen LogP contribution in [0.5, 0.6) is 0 Å². The summed E-state index contributed by atoms with van der Waals surface area (Å²) in [6, 6.07) is 9.82. The zero-order valence-corrected chi connectivity index (χ0v) is 14.2. The van der Waals surface area contributed by atoms with Crippen LogP contribution in [-0.2, 0) is 0 Å². The van der Waals surface area contributed by atoms with Gasteiger partial charge in [-0.25, -0.2) is 0 Å². The van der Waals surface area contributed by atoms with E-state index in [9.17, 15) is 9.90 Å². The van der Waals surface area contributed by atoms with Crippen molar-refractivity contribution in [2.75, 3.05) is 13.6 Å². The summed E-state index contributed by atoms with van der Waals surface area (Å²) in [5.41, 5.74) is 1.92. The van der Waals surface area contributed by atoms with Gasteiger partial charge in [0.2, 0.25) is 0 Å². The Morgan fingerprint density at radius 2 is 2.00 bits per heavy atom. The van der Waals surface area contributed by atoms with Gasteiger partial charge in [-0.3, -0.25) is 9.78 Å². The number of benzene rings is 1. The van der Waals surface area contributed by atoms with Crippen LogP contribution in [0.25, 0.3) is 10.9 Å². The lowest BCUT2D eigenvalue weighted by molar-refractivity contribution is 0.0157. The Bertz CT molecular complexity index is 776. The molecule has 1 heterocycles. The Labute approximate surface area is 142 Å². The van der Waals surface area contributed by atoms with E-state index in [1.54, 1.807) is 11.9 Å². The molecule has 0 unspecified atom stereocenters. The maximum absolute atomic E-state index is 13.1. The van der Waals surface area contributed by atoms with Crippen molar-refractivity contribution in [1.29, 1.82) is 0 Å². The number of likely N-dealkylation sites (N-methyl/N-ethyl adjacent to an activating group) is 1. The second kappa shape index (κ2) is 5.85. The number of aromatic nitrogens is 1. The SMILES string of the molecule is CN(CC1(O)CCCC1)C(=O)c1cc(C2CC2)nc2ccccc12. The predicted octanol–water partition coefficient (Wildman–Crippen LogP) is 3.49. The van der Waals surface area contributed by atoms with E-state index in [-0.39, 0.29) is 5.91 Å². The molecule has 1 aromatic carbocycles. The van der Waals surface area contributed by atoms with Crippen molar-refractivity contribution < 1.29 is 9.90 Å². The lowest BCUT2D eigenvalue weighted by atomic mass is 10.0. The van der Waals surface area contributed by atoms with E-state index in [0.29, 0.717) is 18.0 Å². The lowest BCUT2D eigenvalue weighted by Gasteiger charge is -2.29. The molecule has 0 bridgehead atoms. The average molecular weight is 324 g/mol. The minimum absolute atomic E-state index is 0.0178. The van der Waals surface area contributed by atoms with Crippen LogP contribution in [0.3, 0.4) is 0 Å². The molecule has 126 valence electrons. The number of nitrogens with zero attached hydrogens (tertiary/aromatic N) is 2. The zero-order valence-electron chi connectivity index (χ0n) is 14.2. The summed E-state index contributed by atoms with van der Waals surface area (Å²) >= 11 is 0. The zero-order chi connectivity index (χ0) is 16.7. The van der Waals surface area contributed by atoms with Crippen molar-refractivity contribution in [3.63, 3.8) is 0 Å². The summed E-state index contributed by atoms with van der Waals surface area (Å²) in [6.45, 7) is 0.404. The molecule has 24 heavy (non-hydrogen) atoms. The number of rotatable bonds is 4. The third-order valence-corrected chi connectivity index (χ3v) is 5.37. The smallest absolute Gasteiger partial charge is 0.254 e. The molecular weight excluding hydrogens is 300 g/mol. The van der Waals surface area contributed by atoms with Crippen molar-refractivity contribution >= 4 is 16.8 Å². The molecule has 0 aliphatic heterocycles. The van der Waals surface area contributed by atoms with Crippen molar-refractivity contribution in [1.82, 2.24) is 9.88 Å². The highest BCUT2D eigenvalue weighted by atomic mass is 16.3. The molecule has 4 heteroatoms. The molecule has 4 nitrogen and oxygen atoms in total. The molecule has 0 spiro atoms. The van der Waals surface area contributed by atoms with Crippen LogP contribution < -0.4 is 0 Å². The van der Waals surface area contributed by atoms with E-state index >= 15 is 0 Å². The van der Waals surface area contributed by atoms with Gasteiger partial charge in [-0.05, 0) is 37.8 Å². The van der Waals surface area contributed by atoms with Gasteiger partial charge >= 0.3 is 0 Å². The summed E-state index contributed by atoms with van der Waals surface area (Å²) in [5, 5.41) is 11.5. The second-order valence-electron chi connectivity index (χ2n) is 7.48. The van der Waals surface area contributed by atoms with Gasteiger partial charge in [0.25, 0.3) is 5.91 Å². The van der Waals surface area contributed by atoms with E-state index in [0.717, 1.165) is 55.1 Å². The van der Waals surface area contributed by atoms with Crippen LogP contribution in [0.15, 0.2) is 30.3 Å². The number of fused-ring (bicyclic) bond motifs is 1. The number of para-hydroxylation sites is 1. The predicted molar refractivity (Wildman–Crippen MR) is 94.1 cm³/mol. The molecular formula is C20H24N2O2. The fourth-order valence-corrected chi connectivity index (χ4v) is 3.87. The van der Waals surface area contributed by atoms with Gasteiger partial charge in [0.1, 0.15) is 0 Å². The fourth-order valence-electron chi connectivity index (χ4n) is 3.87. The molecule has 2 saturated carbocycles. The van der Waals surface area contributed by atoms with Crippen molar-refractivity contribution in [2.45, 2.75) is 50.0 Å². The van der Waals surface area contributed by atoms with Crippen LogP contribution in [0.2, 0.25) is 0 Å². The number of hydrogen-bond acceptors (Lipinski definition) is 3. The number of amides is 1. The first kappa shape index (κ1) is 15.6. The third kappa shape index (κ3) is 2.91. The van der Waals surface area contributed by atoms with Gasteiger partial charge in [0.05, 0.1) is 16.7 Å². The highest BCUT2D eigenvalue weighted by molar-refractivity contribution is 6.06. The first-order valence-electron chi connectivity index (χ1n) is 8.93.